The molecule has 24 heavy (non-hydrogen) atoms. The van der Waals surface area contributed by atoms with E-state index < -0.39 is 23.9 Å². The lowest BCUT2D eigenvalue weighted by molar-refractivity contribution is -0.158. The van der Waals surface area contributed by atoms with Crippen LogP contribution < -0.4 is 0 Å². The van der Waals surface area contributed by atoms with Crippen molar-refractivity contribution in [3.05, 3.63) is 35.6 Å². The fourth-order valence-electron chi connectivity index (χ4n) is 3.43. The maximum Gasteiger partial charge on any atom is 0.328 e. The zero-order chi connectivity index (χ0) is 16.9. The smallest absolute Gasteiger partial charge is 0.328 e. The lowest BCUT2D eigenvalue weighted by Gasteiger charge is -2.34. The molecule has 128 valence electrons. The van der Waals surface area contributed by atoms with E-state index in [2.05, 4.69) is 6.07 Å². The summed E-state index contributed by atoms with van der Waals surface area (Å²) in [7, 11) is 0. The molecule has 2 fully saturated rings. The Hall–Kier alpha value is -1.97. The molecule has 0 unspecified atom stereocenters. The van der Waals surface area contributed by atoms with E-state index in [1.807, 2.05) is 4.90 Å². The molecule has 3 atom stereocenters. The Bertz CT molecular complexity index is 625. The lowest BCUT2D eigenvalue weighted by atomic mass is 10.0. The number of halogens is 1. The van der Waals surface area contributed by atoms with Crippen LogP contribution in [-0.2, 0) is 14.3 Å². The number of benzene rings is 1. The van der Waals surface area contributed by atoms with Gasteiger partial charge in [-0.15, -0.1) is 0 Å². The number of ether oxygens (including phenoxy) is 2. The molecule has 1 aliphatic carbocycles. The van der Waals surface area contributed by atoms with E-state index in [0.29, 0.717) is 38.3 Å². The van der Waals surface area contributed by atoms with Crippen LogP contribution in [0.1, 0.15) is 30.9 Å². The van der Waals surface area contributed by atoms with Gasteiger partial charge in [0.25, 0.3) is 0 Å². The number of rotatable bonds is 4. The summed E-state index contributed by atoms with van der Waals surface area (Å²) in [5.74, 6) is -1.16. The van der Waals surface area contributed by atoms with Gasteiger partial charge in [-0.1, -0.05) is 18.2 Å². The lowest BCUT2D eigenvalue weighted by Crippen LogP contribution is -2.44. The van der Waals surface area contributed by atoms with Gasteiger partial charge < -0.3 is 9.47 Å². The Kier molecular flexibility index (Phi) is 5.44. The Morgan fingerprint density at radius 1 is 1.33 bits per heavy atom. The molecule has 2 aliphatic rings. The van der Waals surface area contributed by atoms with E-state index in [1.54, 1.807) is 18.2 Å². The summed E-state index contributed by atoms with van der Waals surface area (Å²) in [5, 5.41) is 9.17. The molecular weight excluding hydrogens is 311 g/mol. The van der Waals surface area contributed by atoms with Crippen LogP contribution in [0.4, 0.5) is 4.39 Å². The molecule has 1 aromatic rings. The molecule has 1 aliphatic heterocycles. The Balaban J connectivity index is 1.82. The fourth-order valence-corrected chi connectivity index (χ4v) is 3.43. The summed E-state index contributed by atoms with van der Waals surface area (Å²) >= 11 is 0. The van der Waals surface area contributed by atoms with Gasteiger partial charge in [-0.2, -0.15) is 5.26 Å². The van der Waals surface area contributed by atoms with E-state index in [0.717, 1.165) is 12.8 Å². The molecule has 1 saturated carbocycles. The largest absolute Gasteiger partial charge is 0.460 e. The number of morpholine rings is 1. The number of hydrogen-bond acceptors (Lipinski definition) is 5. The van der Waals surface area contributed by atoms with Gasteiger partial charge in [0.05, 0.1) is 25.2 Å². The van der Waals surface area contributed by atoms with Crippen LogP contribution in [0.3, 0.4) is 0 Å². The first-order valence-electron chi connectivity index (χ1n) is 8.37. The van der Waals surface area contributed by atoms with E-state index in [9.17, 15) is 9.18 Å². The van der Waals surface area contributed by atoms with E-state index in [4.69, 9.17) is 14.7 Å². The molecule has 1 aromatic carbocycles. The van der Waals surface area contributed by atoms with Crippen molar-refractivity contribution in [3.63, 3.8) is 0 Å². The van der Waals surface area contributed by atoms with Gasteiger partial charge >= 0.3 is 5.97 Å². The zero-order valence-corrected chi connectivity index (χ0v) is 13.5. The monoisotopic (exact) mass is 332 g/mol. The van der Waals surface area contributed by atoms with E-state index in [-0.39, 0.29) is 5.92 Å². The number of nitrogens with zero attached hydrogens (tertiary/aromatic N) is 2. The highest BCUT2D eigenvalue weighted by Gasteiger charge is 2.37. The Labute approximate surface area is 141 Å². The molecule has 0 aromatic heterocycles. The molecule has 0 amide bonds. The highest BCUT2D eigenvalue weighted by atomic mass is 19.1. The standard InChI is InChI=1S/C18H21FN2O3/c19-15-6-2-1-5-14(15)17(21-8-10-23-11-9-21)18(22)24-16-7-3-4-13(16)12-20/h1-2,5-6,13,16-17H,3-4,7-11H2/t13-,16+,17-/m0/s1. The molecule has 0 bridgehead atoms. The summed E-state index contributed by atoms with van der Waals surface area (Å²) in [6.45, 7) is 2.09. The second kappa shape index (κ2) is 7.73. The second-order valence-electron chi connectivity index (χ2n) is 6.21. The van der Waals surface area contributed by atoms with Crippen LogP contribution in [-0.4, -0.2) is 43.3 Å². The van der Waals surface area contributed by atoms with Crippen molar-refractivity contribution in [2.24, 2.45) is 5.92 Å². The van der Waals surface area contributed by atoms with Crippen LogP contribution >= 0.6 is 0 Å². The third-order valence-electron chi connectivity index (χ3n) is 4.72. The van der Waals surface area contributed by atoms with Crippen LogP contribution in [0.5, 0.6) is 0 Å². The molecule has 5 nitrogen and oxygen atoms in total. The van der Waals surface area contributed by atoms with Crippen molar-refractivity contribution in [2.75, 3.05) is 26.3 Å². The average Bonchev–Trinajstić information content (AvgIpc) is 3.05. The quantitative estimate of drug-likeness (QED) is 0.793. The summed E-state index contributed by atoms with van der Waals surface area (Å²) in [4.78, 5) is 14.7. The third-order valence-corrected chi connectivity index (χ3v) is 4.72. The van der Waals surface area contributed by atoms with E-state index >= 15 is 0 Å². The first-order valence-corrected chi connectivity index (χ1v) is 8.37. The van der Waals surface area contributed by atoms with Crippen LogP contribution in [0.25, 0.3) is 0 Å². The topological polar surface area (TPSA) is 62.6 Å². The van der Waals surface area contributed by atoms with Crippen molar-refractivity contribution in [1.82, 2.24) is 4.90 Å². The zero-order valence-electron chi connectivity index (χ0n) is 13.5. The van der Waals surface area contributed by atoms with Crippen LogP contribution in [0, 0.1) is 23.1 Å². The molecule has 0 spiro atoms. The fraction of sp³-hybridized carbons (Fsp3) is 0.556. The van der Waals surface area contributed by atoms with Gasteiger partial charge in [-0.25, -0.2) is 9.18 Å². The minimum absolute atomic E-state index is 0.264. The van der Waals surface area contributed by atoms with Gasteiger partial charge in [0.1, 0.15) is 18.0 Å². The predicted molar refractivity (Wildman–Crippen MR) is 84.4 cm³/mol. The van der Waals surface area contributed by atoms with Crippen molar-refractivity contribution in [2.45, 2.75) is 31.4 Å². The highest BCUT2D eigenvalue weighted by molar-refractivity contribution is 5.78. The summed E-state index contributed by atoms with van der Waals surface area (Å²) in [5.41, 5.74) is 0.316. The minimum Gasteiger partial charge on any atom is -0.460 e. The maximum atomic E-state index is 14.3. The number of nitriles is 1. The van der Waals surface area contributed by atoms with Gasteiger partial charge in [0.2, 0.25) is 0 Å². The van der Waals surface area contributed by atoms with Gasteiger partial charge in [0, 0.05) is 18.7 Å². The number of hydrogen-bond donors (Lipinski definition) is 0. The molecule has 1 heterocycles. The predicted octanol–water partition coefficient (Wildman–Crippen LogP) is 2.43. The van der Waals surface area contributed by atoms with E-state index in [1.165, 1.54) is 6.07 Å². The normalized spacial score (nSPS) is 25.8. The van der Waals surface area contributed by atoms with Gasteiger partial charge in [-0.05, 0) is 25.3 Å². The molecule has 0 N–H and O–H groups in total. The highest BCUT2D eigenvalue weighted by Crippen LogP contribution is 2.31. The average molecular weight is 332 g/mol. The number of carbonyl (C=O) groups excluding carboxylic acids is 1. The number of esters is 1. The molecule has 1 saturated heterocycles. The SMILES string of the molecule is N#C[C@@H]1CCC[C@H]1OC(=O)[C@H](c1ccccc1F)N1CCOCC1. The Morgan fingerprint density at radius 3 is 2.79 bits per heavy atom. The van der Waals surface area contributed by atoms with Crippen LogP contribution in [0.15, 0.2) is 24.3 Å². The van der Waals surface area contributed by atoms with Crippen molar-refractivity contribution < 1.29 is 18.7 Å². The molecule has 3 rings (SSSR count). The number of carbonyl (C=O) groups is 1. The first kappa shape index (κ1) is 16.9. The summed E-state index contributed by atoms with van der Waals surface area (Å²) in [6, 6.07) is 7.69. The minimum atomic E-state index is -0.796. The van der Waals surface area contributed by atoms with Crippen LogP contribution in [0.2, 0.25) is 0 Å². The first-order chi connectivity index (χ1) is 11.7. The second-order valence-corrected chi connectivity index (χ2v) is 6.21. The van der Waals surface area contributed by atoms with Gasteiger partial charge in [-0.3, -0.25) is 4.90 Å². The molecule has 0 radical (unpaired) electrons. The van der Waals surface area contributed by atoms with Crippen molar-refractivity contribution in [1.29, 1.82) is 5.26 Å². The van der Waals surface area contributed by atoms with Gasteiger partial charge in [0.15, 0.2) is 0 Å². The van der Waals surface area contributed by atoms with Crippen molar-refractivity contribution in [3.8, 4) is 6.07 Å². The molecule has 6 heteroatoms. The summed E-state index contributed by atoms with van der Waals surface area (Å²) < 4.78 is 25.3. The van der Waals surface area contributed by atoms with Crippen molar-refractivity contribution >= 4 is 5.97 Å². The molecular formula is C18H21FN2O3. The third kappa shape index (κ3) is 3.58. The summed E-state index contributed by atoms with van der Waals surface area (Å²) in [6.07, 6.45) is 1.92. The Morgan fingerprint density at radius 2 is 2.08 bits per heavy atom. The maximum absolute atomic E-state index is 14.3.